The first kappa shape index (κ1) is 5.86. The molecule has 0 saturated heterocycles. The van der Waals surface area contributed by atoms with Crippen LogP contribution in [0.4, 0.5) is 0 Å². The van der Waals surface area contributed by atoms with Crippen molar-refractivity contribution in [1.82, 2.24) is 10.2 Å². The summed E-state index contributed by atoms with van der Waals surface area (Å²) in [6.07, 6.45) is 5.06. The van der Waals surface area contributed by atoms with Crippen molar-refractivity contribution >= 4 is 0 Å². The molecule has 1 heterocycles. The zero-order valence-corrected chi connectivity index (χ0v) is 4.89. The quantitative estimate of drug-likeness (QED) is 0.508. The van der Waals surface area contributed by atoms with Crippen LogP contribution in [0.1, 0.15) is 11.4 Å². The van der Waals surface area contributed by atoms with E-state index in [-0.39, 0.29) is 0 Å². The lowest BCUT2D eigenvalue weighted by Gasteiger charge is -1.78. The fourth-order valence-corrected chi connectivity index (χ4v) is 0.542. The summed E-state index contributed by atoms with van der Waals surface area (Å²) in [6.45, 7) is 0.429. The van der Waals surface area contributed by atoms with Gasteiger partial charge < -0.3 is 5.73 Å². The molecule has 0 unspecified atom stereocenters. The van der Waals surface area contributed by atoms with E-state index in [1.54, 1.807) is 6.07 Å². The molecule has 0 aliphatic heterocycles. The van der Waals surface area contributed by atoms with Gasteiger partial charge >= 0.3 is 0 Å². The third-order valence-electron chi connectivity index (χ3n) is 0.996. The fourth-order valence-electron chi connectivity index (χ4n) is 0.542. The van der Waals surface area contributed by atoms with E-state index < -0.39 is 0 Å². The fraction of sp³-hybridized carbons (Fsp3) is 0.167. The number of rotatable bonds is 1. The van der Waals surface area contributed by atoms with Gasteiger partial charge in [-0.05, 0) is 6.07 Å². The molecule has 0 amide bonds. The lowest BCUT2D eigenvalue weighted by atomic mass is 10.4. The second-order valence-corrected chi connectivity index (χ2v) is 1.62. The monoisotopic (exact) mass is 121 g/mol. The maximum absolute atomic E-state index is 5.27. The summed E-state index contributed by atoms with van der Waals surface area (Å²) in [4.78, 5) is 0. The number of H-pyrrole nitrogens is 1. The highest BCUT2D eigenvalue weighted by Gasteiger charge is 1.92. The van der Waals surface area contributed by atoms with Crippen LogP contribution in [0.5, 0.6) is 0 Å². The summed E-state index contributed by atoms with van der Waals surface area (Å²) in [6, 6.07) is 1.75. The number of aromatic nitrogens is 2. The van der Waals surface area contributed by atoms with Crippen molar-refractivity contribution in [3.8, 4) is 12.3 Å². The van der Waals surface area contributed by atoms with Gasteiger partial charge in [-0.2, -0.15) is 5.10 Å². The molecule has 0 saturated carbocycles. The topological polar surface area (TPSA) is 54.7 Å². The highest BCUT2D eigenvalue weighted by molar-refractivity contribution is 5.24. The molecule has 0 aliphatic carbocycles. The van der Waals surface area contributed by atoms with Gasteiger partial charge in [0.15, 0.2) is 0 Å². The maximum atomic E-state index is 5.27. The van der Waals surface area contributed by atoms with E-state index in [0.29, 0.717) is 12.2 Å². The summed E-state index contributed by atoms with van der Waals surface area (Å²) in [5, 5.41) is 6.45. The van der Waals surface area contributed by atoms with Gasteiger partial charge in [0.05, 0.1) is 5.69 Å². The molecule has 1 rings (SSSR count). The van der Waals surface area contributed by atoms with Crippen LogP contribution in [0, 0.1) is 12.3 Å². The Kier molecular flexibility index (Phi) is 1.52. The van der Waals surface area contributed by atoms with E-state index in [4.69, 9.17) is 12.2 Å². The Morgan fingerprint density at radius 1 is 1.89 bits per heavy atom. The third-order valence-corrected chi connectivity index (χ3v) is 0.996. The molecule has 3 heteroatoms. The molecule has 0 aromatic carbocycles. The van der Waals surface area contributed by atoms with E-state index in [0.717, 1.165) is 5.69 Å². The first-order valence-electron chi connectivity index (χ1n) is 2.58. The van der Waals surface area contributed by atoms with Crippen LogP contribution in [0.15, 0.2) is 6.07 Å². The maximum Gasteiger partial charge on any atom is 0.108 e. The van der Waals surface area contributed by atoms with E-state index in [1.807, 2.05) is 0 Å². The molecule has 46 valence electrons. The van der Waals surface area contributed by atoms with Gasteiger partial charge in [-0.25, -0.2) is 0 Å². The molecule has 3 N–H and O–H groups in total. The van der Waals surface area contributed by atoms with Crippen LogP contribution in [-0.4, -0.2) is 10.2 Å². The molecule has 0 fully saturated rings. The highest BCUT2D eigenvalue weighted by atomic mass is 15.1. The van der Waals surface area contributed by atoms with E-state index in [9.17, 15) is 0 Å². The minimum Gasteiger partial charge on any atom is -0.325 e. The number of nitrogens with one attached hydrogen (secondary N) is 1. The Hall–Kier alpha value is -1.27. The number of nitrogens with zero attached hydrogens (tertiary/aromatic N) is 1. The predicted molar refractivity (Wildman–Crippen MR) is 34.4 cm³/mol. The Bertz CT molecular complexity index is 231. The van der Waals surface area contributed by atoms with Crippen molar-refractivity contribution in [3.63, 3.8) is 0 Å². The molecule has 0 bridgehead atoms. The first-order chi connectivity index (χ1) is 4.36. The molecule has 3 nitrogen and oxygen atoms in total. The number of hydrogen-bond acceptors (Lipinski definition) is 2. The van der Waals surface area contributed by atoms with E-state index in [2.05, 4.69) is 16.1 Å². The second kappa shape index (κ2) is 2.33. The molecular formula is C6H7N3. The summed E-state index contributed by atoms with van der Waals surface area (Å²) >= 11 is 0. The number of aromatic amines is 1. The van der Waals surface area contributed by atoms with Crippen molar-refractivity contribution in [1.29, 1.82) is 0 Å². The van der Waals surface area contributed by atoms with E-state index >= 15 is 0 Å². The van der Waals surface area contributed by atoms with Crippen molar-refractivity contribution in [2.24, 2.45) is 5.73 Å². The zero-order valence-electron chi connectivity index (χ0n) is 4.89. The van der Waals surface area contributed by atoms with Crippen LogP contribution >= 0.6 is 0 Å². The molecule has 1 aromatic rings. The number of hydrogen-bond donors (Lipinski definition) is 2. The predicted octanol–water partition coefficient (Wildman–Crippen LogP) is -0.150. The van der Waals surface area contributed by atoms with Crippen LogP contribution in [0.3, 0.4) is 0 Å². The molecule has 0 spiro atoms. The summed E-state index contributed by atoms with van der Waals surface area (Å²) in [5.41, 5.74) is 6.74. The minimum absolute atomic E-state index is 0.429. The van der Waals surface area contributed by atoms with Crippen molar-refractivity contribution < 1.29 is 0 Å². The van der Waals surface area contributed by atoms with Crippen molar-refractivity contribution in [2.45, 2.75) is 6.54 Å². The molecule has 0 radical (unpaired) electrons. The first-order valence-corrected chi connectivity index (χ1v) is 2.58. The van der Waals surface area contributed by atoms with Gasteiger partial charge in [-0.15, -0.1) is 6.42 Å². The average Bonchev–Trinajstić information content (AvgIpc) is 2.34. The Balaban J connectivity index is 2.90. The standard InChI is InChI=1S/C6H7N3/c1-2-5-3-6(4-7)9-8-5/h1,3H,4,7H2,(H,8,9). The smallest absolute Gasteiger partial charge is 0.108 e. The molecule has 0 aliphatic rings. The van der Waals surface area contributed by atoms with Gasteiger partial charge in [-0.1, -0.05) is 5.92 Å². The van der Waals surface area contributed by atoms with Crippen LogP contribution in [0.25, 0.3) is 0 Å². The summed E-state index contributed by atoms with van der Waals surface area (Å²) < 4.78 is 0. The minimum atomic E-state index is 0.429. The Morgan fingerprint density at radius 3 is 3.00 bits per heavy atom. The normalized spacial score (nSPS) is 8.89. The van der Waals surface area contributed by atoms with Crippen LogP contribution in [-0.2, 0) is 6.54 Å². The average molecular weight is 121 g/mol. The third kappa shape index (κ3) is 1.09. The van der Waals surface area contributed by atoms with Crippen LogP contribution in [0.2, 0.25) is 0 Å². The Morgan fingerprint density at radius 2 is 2.67 bits per heavy atom. The molecule has 0 atom stereocenters. The van der Waals surface area contributed by atoms with Gasteiger partial charge in [-0.3, -0.25) is 5.10 Å². The molecule has 1 aromatic heterocycles. The van der Waals surface area contributed by atoms with Crippen molar-refractivity contribution in [3.05, 3.63) is 17.5 Å². The van der Waals surface area contributed by atoms with Gasteiger partial charge in [0.1, 0.15) is 5.69 Å². The lowest BCUT2D eigenvalue weighted by Crippen LogP contribution is -1.95. The highest BCUT2D eigenvalue weighted by Crippen LogP contribution is 1.94. The summed E-state index contributed by atoms with van der Waals surface area (Å²) in [7, 11) is 0. The molecule has 9 heavy (non-hydrogen) atoms. The van der Waals surface area contributed by atoms with Gasteiger partial charge in [0.2, 0.25) is 0 Å². The van der Waals surface area contributed by atoms with Gasteiger partial charge in [0.25, 0.3) is 0 Å². The summed E-state index contributed by atoms with van der Waals surface area (Å²) in [5.74, 6) is 2.41. The lowest BCUT2D eigenvalue weighted by molar-refractivity contribution is 0.945. The number of terminal acetylenes is 1. The molecular weight excluding hydrogens is 114 g/mol. The van der Waals surface area contributed by atoms with Crippen molar-refractivity contribution in [2.75, 3.05) is 0 Å². The Labute approximate surface area is 53.3 Å². The van der Waals surface area contributed by atoms with Crippen LogP contribution < -0.4 is 5.73 Å². The van der Waals surface area contributed by atoms with E-state index in [1.165, 1.54) is 0 Å². The largest absolute Gasteiger partial charge is 0.325 e. The second-order valence-electron chi connectivity index (χ2n) is 1.62. The zero-order chi connectivity index (χ0) is 6.69. The van der Waals surface area contributed by atoms with Gasteiger partial charge in [0, 0.05) is 6.54 Å². The number of nitrogens with two attached hydrogens (primary N) is 1. The SMILES string of the molecule is C#Cc1cc(CN)n[nH]1.